The van der Waals surface area contributed by atoms with Crippen LogP contribution in [-0.2, 0) is 21.2 Å². The van der Waals surface area contributed by atoms with E-state index in [2.05, 4.69) is 9.71 Å². The second-order valence-electron chi connectivity index (χ2n) is 6.58. The molecule has 1 atom stereocenters. The average molecular weight is 424 g/mol. The Morgan fingerprint density at radius 3 is 2.63 bits per heavy atom. The van der Waals surface area contributed by atoms with Gasteiger partial charge in [0.1, 0.15) is 11.8 Å². The summed E-state index contributed by atoms with van der Waals surface area (Å²) in [6.45, 7) is 1.74. The van der Waals surface area contributed by atoms with Gasteiger partial charge in [0.25, 0.3) is 5.91 Å². The lowest BCUT2D eigenvalue weighted by molar-refractivity contribution is -0.129. The second kappa shape index (κ2) is 8.90. The molecular formula is C21H20N4O4S. The molecule has 0 aliphatic carbocycles. The normalized spacial score (nSPS) is 12.3. The van der Waals surface area contributed by atoms with Crippen LogP contribution in [0.4, 0.5) is 0 Å². The van der Waals surface area contributed by atoms with Gasteiger partial charge in [0, 0.05) is 18.1 Å². The van der Waals surface area contributed by atoms with E-state index in [1.54, 1.807) is 49.6 Å². The van der Waals surface area contributed by atoms with E-state index in [1.165, 1.54) is 24.3 Å². The van der Waals surface area contributed by atoms with Crippen LogP contribution in [-0.4, -0.2) is 41.9 Å². The lowest BCUT2D eigenvalue weighted by Gasteiger charge is -2.22. The Balaban J connectivity index is 1.94. The van der Waals surface area contributed by atoms with Crippen LogP contribution in [0.2, 0.25) is 0 Å². The molecule has 0 aliphatic rings. The van der Waals surface area contributed by atoms with Crippen LogP contribution in [0.3, 0.4) is 0 Å². The first-order valence-corrected chi connectivity index (χ1v) is 10.7. The number of carbonyl (C=O) groups excluding carboxylic acids is 1. The number of hydrogen-bond donors (Lipinski definition) is 2. The van der Waals surface area contributed by atoms with Crippen LogP contribution in [0.1, 0.15) is 12.5 Å². The van der Waals surface area contributed by atoms with Crippen molar-refractivity contribution < 1.29 is 18.3 Å². The maximum Gasteiger partial charge on any atom is 0.254 e. The highest BCUT2D eigenvalue weighted by molar-refractivity contribution is 7.89. The monoisotopic (exact) mass is 424 g/mol. The number of hydrogen-bond acceptors (Lipinski definition) is 6. The predicted molar refractivity (Wildman–Crippen MR) is 111 cm³/mol. The fraction of sp³-hybridized carbons (Fsp3) is 0.190. The number of benzene rings is 2. The molecule has 0 aliphatic heterocycles. The Morgan fingerprint density at radius 1 is 1.23 bits per heavy atom. The fourth-order valence-corrected chi connectivity index (χ4v) is 4.21. The van der Waals surface area contributed by atoms with Gasteiger partial charge in [-0.15, -0.1) is 0 Å². The number of phenolic OH excluding ortho intramolecular Hbond substituents is 1. The molecule has 1 aromatic heterocycles. The number of nitrogens with one attached hydrogen (secondary N) is 1. The van der Waals surface area contributed by atoms with Gasteiger partial charge in [-0.05, 0) is 55.3 Å². The lowest BCUT2D eigenvalue weighted by atomic mass is 10.1. The fourth-order valence-electron chi connectivity index (χ4n) is 2.99. The summed E-state index contributed by atoms with van der Waals surface area (Å²) < 4.78 is 28.5. The van der Waals surface area contributed by atoms with Crippen LogP contribution >= 0.6 is 0 Å². The zero-order valence-corrected chi connectivity index (χ0v) is 17.0. The number of likely N-dealkylation sites (N-methyl/N-ethyl adjacent to an activating group) is 1. The van der Waals surface area contributed by atoms with Gasteiger partial charge < -0.3 is 5.11 Å². The molecule has 1 heterocycles. The Bertz CT molecular complexity index is 1200. The maximum absolute atomic E-state index is 13.0. The highest BCUT2D eigenvalue weighted by atomic mass is 32.2. The molecule has 0 saturated carbocycles. The first-order valence-electron chi connectivity index (χ1n) is 9.20. The van der Waals surface area contributed by atoms with Crippen LogP contribution in [0.5, 0.6) is 5.75 Å². The molecule has 2 N–H and O–H groups in total. The topological polar surface area (TPSA) is 123 Å². The Kier molecular flexibility index (Phi) is 6.30. The molecule has 1 unspecified atom stereocenters. The summed E-state index contributed by atoms with van der Waals surface area (Å²) in [5.74, 6) is -0.599. The van der Waals surface area contributed by atoms with Crippen molar-refractivity contribution in [1.29, 1.82) is 5.26 Å². The number of fused-ring (bicyclic) bond motifs is 1. The minimum absolute atomic E-state index is 0.00786. The third kappa shape index (κ3) is 4.74. The van der Waals surface area contributed by atoms with Gasteiger partial charge in [0.05, 0.1) is 10.4 Å². The molecule has 0 bridgehead atoms. The van der Waals surface area contributed by atoms with E-state index >= 15 is 0 Å². The zero-order chi connectivity index (χ0) is 21.7. The molecule has 0 spiro atoms. The number of phenols is 1. The van der Waals surface area contributed by atoms with Crippen molar-refractivity contribution in [2.75, 3.05) is 6.54 Å². The van der Waals surface area contributed by atoms with Crippen molar-refractivity contribution in [3.05, 3.63) is 66.4 Å². The Hall–Kier alpha value is -3.48. The summed E-state index contributed by atoms with van der Waals surface area (Å²) in [5.41, 5.74) is 1.28. The Morgan fingerprint density at radius 2 is 1.97 bits per heavy atom. The van der Waals surface area contributed by atoms with Crippen molar-refractivity contribution in [1.82, 2.24) is 14.6 Å². The van der Waals surface area contributed by atoms with Gasteiger partial charge in [-0.3, -0.25) is 9.78 Å². The van der Waals surface area contributed by atoms with Crippen molar-refractivity contribution in [3.63, 3.8) is 0 Å². The molecule has 30 heavy (non-hydrogen) atoms. The van der Waals surface area contributed by atoms with Crippen LogP contribution < -0.4 is 4.72 Å². The number of pyridine rings is 1. The van der Waals surface area contributed by atoms with Crippen molar-refractivity contribution in [2.45, 2.75) is 24.3 Å². The van der Waals surface area contributed by atoms with E-state index in [9.17, 15) is 23.6 Å². The molecule has 154 valence electrons. The molecule has 1 amide bonds. The standard InChI is InChI=1S/C21H20N4O4S/c1-2-25(14-22)21(27)20(12-15-5-7-17(26)8-6-15)24-30(28,29)18-9-10-19-16(13-18)4-3-11-23-19/h3-11,13,20,24,26H,2,12H2,1H3. The van der Waals surface area contributed by atoms with Gasteiger partial charge in [-0.2, -0.15) is 9.98 Å². The minimum atomic E-state index is -4.06. The number of nitriles is 1. The van der Waals surface area contributed by atoms with E-state index in [0.29, 0.717) is 16.5 Å². The van der Waals surface area contributed by atoms with Gasteiger partial charge in [-0.1, -0.05) is 18.2 Å². The highest BCUT2D eigenvalue weighted by Crippen LogP contribution is 2.19. The van der Waals surface area contributed by atoms with E-state index in [4.69, 9.17) is 0 Å². The van der Waals surface area contributed by atoms with Crippen molar-refractivity contribution in [2.24, 2.45) is 0 Å². The molecule has 3 rings (SSSR count). The van der Waals surface area contributed by atoms with Crippen LogP contribution in [0, 0.1) is 11.5 Å². The minimum Gasteiger partial charge on any atom is -0.508 e. The van der Waals surface area contributed by atoms with Crippen LogP contribution in [0.25, 0.3) is 10.9 Å². The van der Waals surface area contributed by atoms with Gasteiger partial charge in [0.2, 0.25) is 10.0 Å². The third-order valence-electron chi connectivity index (χ3n) is 4.56. The third-order valence-corrected chi connectivity index (χ3v) is 6.03. The van der Waals surface area contributed by atoms with Crippen LogP contribution in [0.15, 0.2) is 65.7 Å². The van der Waals surface area contributed by atoms with E-state index in [-0.39, 0.29) is 23.6 Å². The molecule has 0 saturated heterocycles. The van der Waals surface area contributed by atoms with Crippen molar-refractivity contribution in [3.8, 4) is 11.9 Å². The van der Waals surface area contributed by atoms with E-state index in [1.807, 2.05) is 0 Å². The largest absolute Gasteiger partial charge is 0.508 e. The number of rotatable bonds is 7. The molecule has 9 heteroatoms. The first-order chi connectivity index (χ1) is 14.3. The molecule has 0 radical (unpaired) electrons. The molecule has 2 aromatic carbocycles. The lowest BCUT2D eigenvalue weighted by Crippen LogP contribution is -2.48. The van der Waals surface area contributed by atoms with E-state index in [0.717, 1.165) is 4.90 Å². The van der Waals surface area contributed by atoms with E-state index < -0.39 is 22.0 Å². The smallest absolute Gasteiger partial charge is 0.254 e. The van der Waals surface area contributed by atoms with Gasteiger partial charge in [0.15, 0.2) is 6.19 Å². The molecule has 3 aromatic rings. The summed E-state index contributed by atoms with van der Waals surface area (Å²) in [7, 11) is -4.06. The predicted octanol–water partition coefficient (Wildman–Crippen LogP) is 2.16. The molecule has 0 fully saturated rings. The maximum atomic E-state index is 13.0. The SMILES string of the molecule is CCN(C#N)C(=O)C(Cc1ccc(O)cc1)NS(=O)(=O)c1ccc2ncccc2c1. The summed E-state index contributed by atoms with van der Waals surface area (Å²) in [6, 6.07) is 12.8. The molecule has 8 nitrogen and oxygen atoms in total. The van der Waals surface area contributed by atoms with Gasteiger partial charge in [-0.25, -0.2) is 13.3 Å². The average Bonchev–Trinajstić information content (AvgIpc) is 2.75. The summed E-state index contributed by atoms with van der Waals surface area (Å²) >= 11 is 0. The second-order valence-corrected chi connectivity index (χ2v) is 8.30. The summed E-state index contributed by atoms with van der Waals surface area (Å²) in [6.07, 6.45) is 3.41. The summed E-state index contributed by atoms with van der Waals surface area (Å²) in [4.78, 5) is 17.9. The van der Waals surface area contributed by atoms with Crippen molar-refractivity contribution >= 4 is 26.8 Å². The highest BCUT2D eigenvalue weighted by Gasteiger charge is 2.29. The number of sulfonamides is 1. The Labute approximate surface area is 174 Å². The number of aromatic hydroxyl groups is 1. The quantitative estimate of drug-likeness (QED) is 0.442. The number of amides is 1. The summed E-state index contributed by atoms with van der Waals surface area (Å²) in [5, 5.41) is 19.3. The zero-order valence-electron chi connectivity index (χ0n) is 16.2. The number of aromatic nitrogens is 1. The number of nitrogens with zero attached hydrogens (tertiary/aromatic N) is 3. The first kappa shape index (κ1) is 21.2. The van der Waals surface area contributed by atoms with Gasteiger partial charge >= 0.3 is 0 Å². The number of carbonyl (C=O) groups is 1. The molecular weight excluding hydrogens is 404 g/mol.